The molecule has 1 unspecified atom stereocenters. The number of halogens is 3. The SMILES string of the molecule is CC1(C)CCC2(CC1)N[C@@H](C(=O)O)[C@H](c1cccc(Cl)c1F)[C@@]21c2ccc(Cl)cc2NC1O. The van der Waals surface area contributed by atoms with E-state index in [-0.39, 0.29) is 16.0 Å². The summed E-state index contributed by atoms with van der Waals surface area (Å²) < 4.78 is 15.5. The summed E-state index contributed by atoms with van der Waals surface area (Å²) in [5.41, 5.74) is -0.243. The standard InChI is InChI=1S/C25H27Cl2FN2O3/c1-23(2)8-10-24(11-9-23)25(15-7-6-13(26)12-17(15)29-22(25)33)18(20(30-24)21(31)32)14-4-3-5-16(27)19(14)28/h3-7,12,18,20,22,29-30,33H,8-11H2,1-2H3,(H,31,32)/t18-,20+,22?,25+/m0/s1. The number of carboxylic acids is 1. The van der Waals surface area contributed by atoms with E-state index in [9.17, 15) is 15.0 Å². The van der Waals surface area contributed by atoms with Crippen LogP contribution in [-0.2, 0) is 10.2 Å². The van der Waals surface area contributed by atoms with Gasteiger partial charge in [0.1, 0.15) is 18.1 Å². The summed E-state index contributed by atoms with van der Waals surface area (Å²) >= 11 is 12.4. The first-order valence-corrected chi connectivity index (χ1v) is 12.0. The Morgan fingerprint density at radius 1 is 1.12 bits per heavy atom. The minimum absolute atomic E-state index is 0.0747. The zero-order valence-electron chi connectivity index (χ0n) is 18.5. The van der Waals surface area contributed by atoms with Crippen LogP contribution in [-0.4, -0.2) is 34.0 Å². The van der Waals surface area contributed by atoms with Crippen LogP contribution in [0.2, 0.25) is 10.0 Å². The second-order valence-electron chi connectivity index (χ2n) is 10.4. The van der Waals surface area contributed by atoms with Crippen LogP contribution >= 0.6 is 23.2 Å². The van der Waals surface area contributed by atoms with Gasteiger partial charge in [-0.05, 0) is 60.4 Å². The van der Waals surface area contributed by atoms with Crippen LogP contribution in [0.5, 0.6) is 0 Å². The molecule has 0 bridgehead atoms. The molecular weight excluding hydrogens is 466 g/mol. The van der Waals surface area contributed by atoms with Crippen molar-refractivity contribution in [2.75, 3.05) is 5.32 Å². The first-order valence-electron chi connectivity index (χ1n) is 11.2. The fraction of sp³-hybridized carbons (Fsp3) is 0.480. The van der Waals surface area contributed by atoms with Gasteiger partial charge < -0.3 is 15.5 Å². The number of benzene rings is 2. The third-order valence-electron chi connectivity index (χ3n) is 8.24. The van der Waals surface area contributed by atoms with E-state index < -0.39 is 40.9 Å². The van der Waals surface area contributed by atoms with Crippen molar-refractivity contribution in [3.63, 3.8) is 0 Å². The Labute approximate surface area is 202 Å². The largest absolute Gasteiger partial charge is 0.480 e. The molecule has 1 saturated carbocycles. The molecule has 2 aliphatic heterocycles. The zero-order valence-corrected chi connectivity index (χ0v) is 20.0. The lowest BCUT2D eigenvalue weighted by molar-refractivity contribution is -0.139. The number of aliphatic hydroxyl groups excluding tert-OH is 1. The second-order valence-corrected chi connectivity index (χ2v) is 11.3. The van der Waals surface area contributed by atoms with E-state index in [0.717, 1.165) is 18.4 Å². The van der Waals surface area contributed by atoms with Crippen molar-refractivity contribution in [3.05, 3.63) is 63.4 Å². The number of carbonyl (C=O) groups is 1. The molecule has 4 N–H and O–H groups in total. The molecule has 176 valence electrons. The smallest absolute Gasteiger partial charge is 0.321 e. The third-order valence-corrected chi connectivity index (χ3v) is 8.77. The van der Waals surface area contributed by atoms with E-state index in [1.54, 1.807) is 24.3 Å². The highest BCUT2D eigenvalue weighted by Crippen LogP contribution is 2.65. The van der Waals surface area contributed by atoms with Crippen molar-refractivity contribution >= 4 is 34.9 Å². The quantitative estimate of drug-likeness (QED) is 0.457. The number of anilines is 1. The Morgan fingerprint density at radius 2 is 1.82 bits per heavy atom. The average Bonchev–Trinajstić information content (AvgIpc) is 3.20. The summed E-state index contributed by atoms with van der Waals surface area (Å²) in [6, 6.07) is 8.84. The predicted octanol–water partition coefficient (Wildman–Crippen LogP) is 5.29. The Morgan fingerprint density at radius 3 is 2.48 bits per heavy atom. The molecule has 2 fully saturated rings. The van der Waals surface area contributed by atoms with Crippen LogP contribution in [0.1, 0.15) is 56.6 Å². The molecule has 4 atom stereocenters. The predicted molar refractivity (Wildman–Crippen MR) is 126 cm³/mol. The lowest BCUT2D eigenvalue weighted by atomic mass is 9.53. The van der Waals surface area contributed by atoms with E-state index >= 15 is 4.39 Å². The number of hydrogen-bond donors (Lipinski definition) is 4. The van der Waals surface area contributed by atoms with Crippen LogP contribution in [0.3, 0.4) is 0 Å². The summed E-state index contributed by atoms with van der Waals surface area (Å²) in [5.74, 6) is -2.64. The van der Waals surface area contributed by atoms with Gasteiger partial charge >= 0.3 is 5.97 Å². The van der Waals surface area contributed by atoms with E-state index in [1.165, 1.54) is 6.07 Å². The number of aliphatic hydroxyl groups is 1. The maximum absolute atomic E-state index is 15.5. The van der Waals surface area contributed by atoms with E-state index in [4.69, 9.17) is 23.2 Å². The van der Waals surface area contributed by atoms with Gasteiger partial charge in [-0.3, -0.25) is 10.1 Å². The van der Waals surface area contributed by atoms with Crippen LogP contribution < -0.4 is 10.6 Å². The van der Waals surface area contributed by atoms with Gasteiger partial charge in [-0.1, -0.05) is 55.2 Å². The number of aliphatic carboxylic acids is 1. The van der Waals surface area contributed by atoms with Crippen molar-refractivity contribution in [2.45, 2.75) is 68.7 Å². The van der Waals surface area contributed by atoms with Gasteiger partial charge in [-0.2, -0.15) is 0 Å². The molecule has 0 radical (unpaired) electrons. The summed E-state index contributed by atoms with van der Waals surface area (Å²) in [7, 11) is 0. The lowest BCUT2D eigenvalue weighted by Gasteiger charge is -2.52. The van der Waals surface area contributed by atoms with Crippen LogP contribution in [0.15, 0.2) is 36.4 Å². The molecule has 2 aromatic rings. The maximum atomic E-state index is 15.5. The van der Waals surface area contributed by atoms with Crippen molar-refractivity contribution in [1.29, 1.82) is 0 Å². The van der Waals surface area contributed by atoms with Gasteiger partial charge in [0.05, 0.1) is 10.4 Å². The second kappa shape index (κ2) is 7.57. The molecule has 5 nitrogen and oxygen atoms in total. The molecule has 3 aliphatic rings. The fourth-order valence-electron chi connectivity index (χ4n) is 6.62. The van der Waals surface area contributed by atoms with Gasteiger partial charge in [0.2, 0.25) is 0 Å². The molecule has 2 spiro atoms. The minimum Gasteiger partial charge on any atom is -0.480 e. The summed E-state index contributed by atoms with van der Waals surface area (Å²) in [5, 5.41) is 29.0. The molecule has 0 amide bonds. The van der Waals surface area contributed by atoms with Gasteiger partial charge in [0, 0.05) is 22.2 Å². The highest BCUT2D eigenvalue weighted by atomic mass is 35.5. The summed E-state index contributed by atoms with van der Waals surface area (Å²) in [6.07, 6.45) is 1.82. The van der Waals surface area contributed by atoms with Crippen LogP contribution in [0.4, 0.5) is 10.1 Å². The molecule has 5 rings (SSSR count). The van der Waals surface area contributed by atoms with Crippen molar-refractivity contribution < 1.29 is 19.4 Å². The van der Waals surface area contributed by atoms with Gasteiger partial charge in [-0.25, -0.2) is 4.39 Å². The average molecular weight is 493 g/mol. The normalized spacial score (nSPS) is 31.5. The number of carboxylic acid groups (broad SMARTS) is 1. The minimum atomic E-state index is -1.15. The van der Waals surface area contributed by atoms with Gasteiger partial charge in [-0.15, -0.1) is 0 Å². The maximum Gasteiger partial charge on any atom is 0.321 e. The Bertz CT molecular complexity index is 1130. The topological polar surface area (TPSA) is 81.6 Å². The Kier molecular flexibility index (Phi) is 5.26. The first kappa shape index (κ1) is 22.9. The molecular formula is C25H27Cl2FN2O3. The van der Waals surface area contributed by atoms with Crippen molar-refractivity contribution in [2.24, 2.45) is 5.41 Å². The molecule has 2 aromatic carbocycles. The van der Waals surface area contributed by atoms with E-state index in [2.05, 4.69) is 24.5 Å². The molecule has 2 heterocycles. The van der Waals surface area contributed by atoms with Crippen LogP contribution in [0.25, 0.3) is 0 Å². The number of nitrogens with one attached hydrogen (secondary N) is 2. The summed E-state index contributed by atoms with van der Waals surface area (Å²) in [6.45, 7) is 4.39. The number of rotatable bonds is 2. The molecule has 1 saturated heterocycles. The van der Waals surface area contributed by atoms with Gasteiger partial charge in [0.25, 0.3) is 0 Å². The van der Waals surface area contributed by atoms with E-state index in [0.29, 0.717) is 23.6 Å². The lowest BCUT2D eigenvalue weighted by Crippen LogP contribution is -2.62. The highest BCUT2D eigenvalue weighted by Gasteiger charge is 2.72. The zero-order chi connectivity index (χ0) is 23.8. The molecule has 1 aliphatic carbocycles. The van der Waals surface area contributed by atoms with E-state index in [1.807, 2.05) is 6.07 Å². The highest BCUT2D eigenvalue weighted by molar-refractivity contribution is 6.31. The van der Waals surface area contributed by atoms with Crippen molar-refractivity contribution in [3.8, 4) is 0 Å². The van der Waals surface area contributed by atoms with Gasteiger partial charge in [0.15, 0.2) is 0 Å². The monoisotopic (exact) mass is 492 g/mol. The fourth-order valence-corrected chi connectivity index (χ4v) is 6.98. The Balaban J connectivity index is 1.82. The molecule has 8 heteroatoms. The number of hydrogen-bond acceptors (Lipinski definition) is 4. The molecule has 0 aromatic heterocycles. The first-order chi connectivity index (χ1) is 15.5. The molecule has 33 heavy (non-hydrogen) atoms. The third kappa shape index (κ3) is 3.14. The van der Waals surface area contributed by atoms with Crippen LogP contribution in [0, 0.1) is 11.2 Å². The Hall–Kier alpha value is -1.86. The van der Waals surface area contributed by atoms with Crippen molar-refractivity contribution in [1.82, 2.24) is 5.32 Å². The number of fused-ring (bicyclic) bond motifs is 3. The summed E-state index contributed by atoms with van der Waals surface area (Å²) in [4.78, 5) is 12.6.